The van der Waals surface area contributed by atoms with Crippen LogP contribution in [0.15, 0.2) is 30.3 Å². The molecule has 0 spiro atoms. The van der Waals surface area contributed by atoms with Gasteiger partial charge < -0.3 is 5.32 Å². The Labute approximate surface area is 155 Å². The topological polar surface area (TPSA) is 75.5 Å². The Balaban J connectivity index is 2.14. The number of aryl methyl sites for hydroxylation is 1. The molecular weight excluding hydrogens is 356 g/mol. The van der Waals surface area contributed by atoms with Crippen LogP contribution >= 0.6 is 0 Å². The molecule has 0 aliphatic heterocycles. The minimum atomic E-state index is -0.955. The van der Waals surface area contributed by atoms with Crippen molar-refractivity contribution < 1.29 is 18.5 Å². The van der Waals surface area contributed by atoms with E-state index in [1.54, 1.807) is 38.8 Å². The second-order valence-electron chi connectivity index (χ2n) is 6.47. The van der Waals surface area contributed by atoms with Gasteiger partial charge in [0.2, 0.25) is 5.91 Å². The summed E-state index contributed by atoms with van der Waals surface area (Å²) in [7, 11) is 1.66. The van der Waals surface area contributed by atoms with Crippen LogP contribution in [0.4, 0.5) is 20.2 Å². The predicted molar refractivity (Wildman–Crippen MR) is 98.6 cm³/mol. The molecule has 2 rings (SSSR count). The molecular formula is C19H21F2N3O3. The van der Waals surface area contributed by atoms with E-state index in [0.29, 0.717) is 11.1 Å². The van der Waals surface area contributed by atoms with E-state index >= 15 is 0 Å². The normalized spacial score (nSPS) is 12.1. The van der Waals surface area contributed by atoms with Crippen LogP contribution in [0, 0.1) is 35.6 Å². The van der Waals surface area contributed by atoms with Crippen LogP contribution in [0.3, 0.4) is 0 Å². The molecule has 0 fully saturated rings. The number of carbonyl (C=O) groups is 1. The fourth-order valence-electron chi connectivity index (χ4n) is 2.68. The lowest BCUT2D eigenvalue weighted by molar-refractivity contribution is -0.384. The highest BCUT2D eigenvalue weighted by Crippen LogP contribution is 2.30. The van der Waals surface area contributed by atoms with Gasteiger partial charge in [-0.25, -0.2) is 8.78 Å². The van der Waals surface area contributed by atoms with Crippen LogP contribution < -0.4 is 5.32 Å². The highest BCUT2D eigenvalue weighted by Gasteiger charge is 2.21. The minimum absolute atomic E-state index is 0.0787. The summed E-state index contributed by atoms with van der Waals surface area (Å²) in [4.78, 5) is 24.7. The number of halogens is 2. The van der Waals surface area contributed by atoms with Gasteiger partial charge in [-0.15, -0.1) is 0 Å². The van der Waals surface area contributed by atoms with Crippen molar-refractivity contribution in [3.05, 3.63) is 68.8 Å². The Morgan fingerprint density at radius 2 is 1.89 bits per heavy atom. The minimum Gasteiger partial charge on any atom is -0.319 e. The lowest BCUT2D eigenvalue weighted by atomic mass is 10.1. The predicted octanol–water partition coefficient (Wildman–Crippen LogP) is 4.12. The second kappa shape index (κ2) is 8.22. The van der Waals surface area contributed by atoms with Gasteiger partial charge in [-0.2, -0.15) is 0 Å². The zero-order chi connectivity index (χ0) is 20.3. The van der Waals surface area contributed by atoms with E-state index in [4.69, 9.17) is 0 Å². The summed E-state index contributed by atoms with van der Waals surface area (Å²) < 4.78 is 26.5. The van der Waals surface area contributed by atoms with Crippen LogP contribution in [0.1, 0.15) is 29.7 Å². The molecule has 0 heterocycles. The molecule has 0 radical (unpaired) electrons. The fourth-order valence-corrected chi connectivity index (χ4v) is 2.68. The molecule has 0 aliphatic rings. The van der Waals surface area contributed by atoms with Gasteiger partial charge in [-0.05, 0) is 56.6 Å². The quantitative estimate of drug-likeness (QED) is 0.607. The zero-order valence-corrected chi connectivity index (χ0v) is 15.5. The number of benzene rings is 2. The second-order valence-corrected chi connectivity index (χ2v) is 6.47. The summed E-state index contributed by atoms with van der Waals surface area (Å²) in [6, 6.07) is 6.19. The van der Waals surface area contributed by atoms with Crippen molar-refractivity contribution in [1.82, 2.24) is 4.90 Å². The van der Waals surface area contributed by atoms with Gasteiger partial charge in [0.05, 0.1) is 11.5 Å². The van der Waals surface area contributed by atoms with E-state index in [1.807, 2.05) is 0 Å². The number of hydrogen-bond donors (Lipinski definition) is 1. The van der Waals surface area contributed by atoms with Crippen LogP contribution in [0.2, 0.25) is 0 Å². The molecule has 0 saturated heterocycles. The standard InChI is InChI=1S/C19H21F2N3O3/c1-11-5-8-17(24(26)27)19(12(11)2)22-18(25)10-23(4)13(3)14-6-7-15(20)16(21)9-14/h5-9,13H,10H2,1-4H3,(H,22,25)/t13-/m0/s1. The molecule has 0 bridgehead atoms. The van der Waals surface area contributed by atoms with E-state index in [1.165, 1.54) is 12.1 Å². The van der Waals surface area contributed by atoms with E-state index in [-0.39, 0.29) is 24.0 Å². The molecule has 1 amide bonds. The molecule has 27 heavy (non-hydrogen) atoms. The first-order valence-electron chi connectivity index (χ1n) is 8.31. The Morgan fingerprint density at radius 1 is 1.22 bits per heavy atom. The van der Waals surface area contributed by atoms with Gasteiger partial charge in [0.1, 0.15) is 5.69 Å². The third-order valence-corrected chi connectivity index (χ3v) is 4.66. The van der Waals surface area contributed by atoms with E-state index in [9.17, 15) is 23.7 Å². The average molecular weight is 377 g/mol. The maximum atomic E-state index is 13.4. The van der Waals surface area contributed by atoms with Crippen molar-refractivity contribution in [2.75, 3.05) is 18.9 Å². The van der Waals surface area contributed by atoms with Gasteiger partial charge in [0.25, 0.3) is 5.69 Å². The van der Waals surface area contributed by atoms with E-state index in [0.717, 1.165) is 17.7 Å². The Morgan fingerprint density at radius 3 is 2.48 bits per heavy atom. The number of nitrogens with one attached hydrogen (secondary N) is 1. The lowest BCUT2D eigenvalue weighted by Crippen LogP contribution is -2.32. The smallest absolute Gasteiger partial charge is 0.293 e. The van der Waals surface area contributed by atoms with Crippen molar-refractivity contribution >= 4 is 17.3 Å². The third-order valence-electron chi connectivity index (χ3n) is 4.66. The number of hydrogen-bond acceptors (Lipinski definition) is 4. The van der Waals surface area contributed by atoms with Crippen molar-refractivity contribution in [2.45, 2.75) is 26.8 Å². The summed E-state index contributed by atoms with van der Waals surface area (Å²) >= 11 is 0. The molecule has 0 aromatic heterocycles. The number of nitro benzene ring substituents is 1. The van der Waals surface area contributed by atoms with Crippen LogP contribution in [-0.2, 0) is 4.79 Å². The first-order chi connectivity index (χ1) is 12.6. The van der Waals surface area contributed by atoms with Crippen LogP contribution in [-0.4, -0.2) is 29.3 Å². The number of carbonyl (C=O) groups excluding carboxylic acids is 1. The van der Waals surface area contributed by atoms with E-state index < -0.39 is 22.5 Å². The van der Waals surface area contributed by atoms with E-state index in [2.05, 4.69) is 5.32 Å². The molecule has 1 N–H and O–H groups in total. The zero-order valence-electron chi connectivity index (χ0n) is 15.5. The van der Waals surface area contributed by atoms with Crippen molar-refractivity contribution in [3.63, 3.8) is 0 Å². The summed E-state index contributed by atoms with van der Waals surface area (Å²) in [5.74, 6) is -2.33. The van der Waals surface area contributed by atoms with Crippen molar-refractivity contribution in [2.24, 2.45) is 0 Å². The number of likely N-dealkylation sites (N-methyl/N-ethyl adjacent to an activating group) is 1. The van der Waals surface area contributed by atoms with Gasteiger partial charge in [-0.1, -0.05) is 12.1 Å². The third kappa shape index (κ3) is 4.65. The molecule has 2 aromatic carbocycles. The molecule has 0 aliphatic carbocycles. The fraction of sp³-hybridized carbons (Fsp3) is 0.316. The lowest BCUT2D eigenvalue weighted by Gasteiger charge is -2.24. The molecule has 2 aromatic rings. The Hall–Kier alpha value is -2.87. The highest BCUT2D eigenvalue weighted by molar-refractivity contribution is 5.95. The first kappa shape index (κ1) is 20.4. The van der Waals surface area contributed by atoms with Gasteiger partial charge >= 0.3 is 0 Å². The number of nitrogens with zero attached hydrogens (tertiary/aromatic N) is 2. The summed E-state index contributed by atoms with van der Waals surface area (Å²) in [5.41, 5.74) is 1.94. The summed E-state index contributed by atoms with van der Waals surface area (Å²) in [6.07, 6.45) is 0. The monoisotopic (exact) mass is 377 g/mol. The molecule has 0 unspecified atom stereocenters. The average Bonchev–Trinajstić information content (AvgIpc) is 2.60. The molecule has 6 nitrogen and oxygen atoms in total. The number of anilines is 1. The number of rotatable bonds is 6. The maximum Gasteiger partial charge on any atom is 0.293 e. The number of amides is 1. The van der Waals surface area contributed by atoms with Crippen molar-refractivity contribution in [1.29, 1.82) is 0 Å². The molecule has 144 valence electrons. The summed E-state index contributed by atoms with van der Waals surface area (Å²) in [6.45, 7) is 5.17. The largest absolute Gasteiger partial charge is 0.319 e. The molecule has 8 heteroatoms. The Kier molecular flexibility index (Phi) is 6.22. The molecule has 0 saturated carbocycles. The first-order valence-corrected chi connectivity index (χ1v) is 8.31. The SMILES string of the molecule is Cc1ccc([N+](=O)[O-])c(NC(=O)CN(C)[C@@H](C)c2ccc(F)c(F)c2)c1C. The van der Waals surface area contributed by atoms with Crippen molar-refractivity contribution in [3.8, 4) is 0 Å². The van der Waals surface area contributed by atoms with Gasteiger partial charge in [0.15, 0.2) is 11.6 Å². The maximum absolute atomic E-state index is 13.4. The highest BCUT2D eigenvalue weighted by atomic mass is 19.2. The Bertz CT molecular complexity index is 887. The van der Waals surface area contributed by atoms with Gasteiger partial charge in [-0.3, -0.25) is 19.8 Å². The number of nitro groups is 1. The molecule has 1 atom stereocenters. The van der Waals surface area contributed by atoms with Crippen LogP contribution in [0.25, 0.3) is 0 Å². The van der Waals surface area contributed by atoms with Crippen LogP contribution in [0.5, 0.6) is 0 Å². The summed E-state index contributed by atoms with van der Waals surface area (Å²) in [5, 5.41) is 13.8. The van der Waals surface area contributed by atoms with Gasteiger partial charge in [0, 0.05) is 12.1 Å².